The van der Waals surface area contributed by atoms with Gasteiger partial charge in [0, 0.05) is 18.5 Å². The van der Waals surface area contributed by atoms with E-state index in [1.165, 1.54) is 0 Å². The lowest BCUT2D eigenvalue weighted by Crippen LogP contribution is -2.49. The highest BCUT2D eigenvalue weighted by atomic mass is 16.5. The smallest absolute Gasteiger partial charge is 0.340 e. The first-order valence-electron chi connectivity index (χ1n) is 8.83. The fourth-order valence-corrected chi connectivity index (χ4v) is 3.50. The zero-order valence-electron chi connectivity index (χ0n) is 15.6. The number of aromatic nitrogens is 1. The van der Waals surface area contributed by atoms with Gasteiger partial charge in [0.1, 0.15) is 0 Å². The van der Waals surface area contributed by atoms with Crippen molar-refractivity contribution >= 4 is 22.8 Å². The molecule has 1 amide bonds. The zero-order chi connectivity index (χ0) is 18.8. The van der Waals surface area contributed by atoms with E-state index in [0.29, 0.717) is 24.3 Å². The van der Waals surface area contributed by atoms with Gasteiger partial charge < -0.3 is 14.4 Å². The number of para-hydroxylation sites is 1. The Hall–Kier alpha value is -2.47. The third kappa shape index (κ3) is 3.70. The molecule has 1 aromatic carbocycles. The fraction of sp³-hybridized carbons (Fsp3) is 0.450. The molecule has 26 heavy (non-hydrogen) atoms. The molecule has 1 aromatic heterocycles. The van der Waals surface area contributed by atoms with Gasteiger partial charge in [0.05, 0.1) is 29.0 Å². The number of benzene rings is 1. The minimum absolute atomic E-state index is 0.0208. The van der Waals surface area contributed by atoms with Crippen LogP contribution in [-0.4, -0.2) is 53.7 Å². The quantitative estimate of drug-likeness (QED) is 0.791. The molecule has 6 heteroatoms. The predicted octanol–water partition coefficient (Wildman–Crippen LogP) is 2.64. The van der Waals surface area contributed by atoms with Crippen molar-refractivity contribution in [1.82, 2.24) is 9.88 Å². The molecule has 1 fully saturated rings. The molecule has 1 aliphatic rings. The standard InChI is InChI=1S/C20H24N2O4/c1-12-9-22(10-13(2)26-12)18(23)11-25-20(24)19-14(3)16-7-5-6-8-17(16)21-15(19)4/h5-8,12-13H,9-11H2,1-4H3/t12-,13-/m0/s1. The SMILES string of the molecule is Cc1nc2ccccc2c(C)c1C(=O)OCC(=O)N1C[C@H](C)O[C@@H](C)C1. The highest BCUT2D eigenvalue weighted by Crippen LogP contribution is 2.23. The summed E-state index contributed by atoms with van der Waals surface area (Å²) in [6, 6.07) is 7.66. The van der Waals surface area contributed by atoms with Gasteiger partial charge in [-0.1, -0.05) is 18.2 Å². The molecular weight excluding hydrogens is 332 g/mol. The first kappa shape index (κ1) is 18.3. The summed E-state index contributed by atoms with van der Waals surface area (Å²) < 4.78 is 10.9. The Morgan fingerprint density at radius 1 is 1.19 bits per heavy atom. The van der Waals surface area contributed by atoms with E-state index in [2.05, 4.69) is 4.98 Å². The van der Waals surface area contributed by atoms with Gasteiger partial charge in [0.2, 0.25) is 0 Å². The van der Waals surface area contributed by atoms with Crippen LogP contribution in [0, 0.1) is 13.8 Å². The van der Waals surface area contributed by atoms with Gasteiger partial charge in [0.15, 0.2) is 6.61 Å². The lowest BCUT2D eigenvalue weighted by Gasteiger charge is -2.35. The number of morpholine rings is 1. The number of hydrogen-bond acceptors (Lipinski definition) is 5. The Labute approximate surface area is 153 Å². The molecule has 0 radical (unpaired) electrons. The molecule has 0 spiro atoms. The van der Waals surface area contributed by atoms with Gasteiger partial charge in [-0.05, 0) is 39.3 Å². The van der Waals surface area contributed by atoms with Gasteiger partial charge in [-0.25, -0.2) is 4.79 Å². The average molecular weight is 356 g/mol. The van der Waals surface area contributed by atoms with Gasteiger partial charge in [-0.15, -0.1) is 0 Å². The number of amides is 1. The first-order valence-corrected chi connectivity index (χ1v) is 8.83. The van der Waals surface area contributed by atoms with Gasteiger partial charge in [0.25, 0.3) is 5.91 Å². The van der Waals surface area contributed by atoms with E-state index < -0.39 is 5.97 Å². The van der Waals surface area contributed by atoms with E-state index in [1.807, 2.05) is 45.0 Å². The van der Waals surface area contributed by atoms with Crippen LogP contribution in [-0.2, 0) is 14.3 Å². The Morgan fingerprint density at radius 2 is 1.85 bits per heavy atom. The summed E-state index contributed by atoms with van der Waals surface area (Å²) in [5.74, 6) is -0.717. The van der Waals surface area contributed by atoms with Crippen LogP contribution in [0.1, 0.15) is 35.5 Å². The summed E-state index contributed by atoms with van der Waals surface area (Å²) in [6.45, 7) is 8.26. The molecular formula is C20H24N2O4. The lowest BCUT2D eigenvalue weighted by molar-refractivity contribution is -0.146. The Balaban J connectivity index is 1.72. The largest absolute Gasteiger partial charge is 0.452 e. The molecule has 138 valence electrons. The molecule has 1 saturated heterocycles. The number of ether oxygens (including phenoxy) is 2. The van der Waals surface area contributed by atoms with E-state index in [-0.39, 0.29) is 24.7 Å². The maximum absolute atomic E-state index is 12.6. The van der Waals surface area contributed by atoms with Crippen LogP contribution >= 0.6 is 0 Å². The monoisotopic (exact) mass is 356 g/mol. The molecule has 2 heterocycles. The molecule has 6 nitrogen and oxygen atoms in total. The Kier molecular flexibility index (Phi) is 5.23. The van der Waals surface area contributed by atoms with Crippen LogP contribution in [0.25, 0.3) is 10.9 Å². The topological polar surface area (TPSA) is 68.7 Å². The summed E-state index contributed by atoms with van der Waals surface area (Å²) in [4.78, 5) is 31.1. The molecule has 0 aliphatic carbocycles. The minimum atomic E-state index is -0.513. The van der Waals surface area contributed by atoms with E-state index in [4.69, 9.17) is 9.47 Å². The van der Waals surface area contributed by atoms with Crippen LogP contribution in [0.4, 0.5) is 0 Å². The van der Waals surface area contributed by atoms with Crippen molar-refractivity contribution < 1.29 is 19.1 Å². The minimum Gasteiger partial charge on any atom is -0.452 e. The third-order valence-electron chi connectivity index (χ3n) is 4.64. The number of pyridine rings is 1. The highest BCUT2D eigenvalue weighted by Gasteiger charge is 2.27. The third-order valence-corrected chi connectivity index (χ3v) is 4.64. The fourth-order valence-electron chi connectivity index (χ4n) is 3.50. The second kappa shape index (κ2) is 7.41. The molecule has 0 unspecified atom stereocenters. The van der Waals surface area contributed by atoms with Crippen LogP contribution in [0.2, 0.25) is 0 Å². The van der Waals surface area contributed by atoms with Crippen molar-refractivity contribution in [3.63, 3.8) is 0 Å². The second-order valence-electron chi connectivity index (χ2n) is 6.85. The number of aryl methyl sites for hydroxylation is 2. The predicted molar refractivity (Wildman–Crippen MR) is 98.1 cm³/mol. The number of hydrogen-bond donors (Lipinski definition) is 0. The number of carbonyl (C=O) groups excluding carboxylic acids is 2. The van der Waals surface area contributed by atoms with Crippen molar-refractivity contribution in [2.45, 2.75) is 39.9 Å². The molecule has 0 saturated carbocycles. The summed E-state index contributed by atoms with van der Waals surface area (Å²) in [5, 5.41) is 0.909. The zero-order valence-corrected chi connectivity index (χ0v) is 15.6. The highest BCUT2D eigenvalue weighted by molar-refractivity contribution is 5.99. The molecule has 3 rings (SSSR count). The van der Waals surface area contributed by atoms with E-state index >= 15 is 0 Å². The molecule has 2 aromatic rings. The Bertz CT molecular complexity index is 839. The maximum atomic E-state index is 12.6. The normalized spacial score (nSPS) is 20.2. The molecule has 1 aliphatic heterocycles. The summed E-state index contributed by atoms with van der Waals surface area (Å²) in [7, 11) is 0. The van der Waals surface area contributed by atoms with E-state index in [0.717, 1.165) is 16.5 Å². The average Bonchev–Trinajstić information content (AvgIpc) is 2.58. The molecule has 0 N–H and O–H groups in total. The maximum Gasteiger partial charge on any atom is 0.340 e. The lowest BCUT2D eigenvalue weighted by atomic mass is 10.0. The van der Waals surface area contributed by atoms with Crippen LogP contribution in [0.3, 0.4) is 0 Å². The summed E-state index contributed by atoms with van der Waals surface area (Å²) in [5.41, 5.74) is 2.69. The molecule has 0 bridgehead atoms. The van der Waals surface area contributed by atoms with E-state index in [1.54, 1.807) is 11.8 Å². The van der Waals surface area contributed by atoms with Gasteiger partial charge >= 0.3 is 5.97 Å². The number of carbonyl (C=O) groups is 2. The number of nitrogens with zero attached hydrogens (tertiary/aromatic N) is 2. The number of esters is 1. The van der Waals surface area contributed by atoms with Crippen molar-refractivity contribution in [1.29, 1.82) is 0 Å². The van der Waals surface area contributed by atoms with Crippen molar-refractivity contribution in [3.8, 4) is 0 Å². The first-order chi connectivity index (χ1) is 12.4. The number of rotatable bonds is 3. The van der Waals surface area contributed by atoms with E-state index in [9.17, 15) is 9.59 Å². The van der Waals surface area contributed by atoms with Gasteiger partial charge in [-0.3, -0.25) is 9.78 Å². The van der Waals surface area contributed by atoms with Gasteiger partial charge in [-0.2, -0.15) is 0 Å². The second-order valence-corrected chi connectivity index (χ2v) is 6.85. The summed E-state index contributed by atoms with van der Waals surface area (Å²) in [6.07, 6.45) is -0.0415. The Morgan fingerprint density at radius 3 is 2.54 bits per heavy atom. The van der Waals surface area contributed by atoms with Crippen molar-refractivity contribution in [2.75, 3.05) is 19.7 Å². The summed E-state index contributed by atoms with van der Waals surface area (Å²) >= 11 is 0. The molecule has 2 atom stereocenters. The van der Waals surface area contributed by atoms with Crippen LogP contribution in [0.15, 0.2) is 24.3 Å². The van der Waals surface area contributed by atoms with Crippen molar-refractivity contribution in [3.05, 3.63) is 41.1 Å². The number of fused-ring (bicyclic) bond motifs is 1. The van der Waals surface area contributed by atoms with Crippen molar-refractivity contribution in [2.24, 2.45) is 0 Å². The van der Waals surface area contributed by atoms with Crippen LogP contribution < -0.4 is 0 Å². The van der Waals surface area contributed by atoms with Crippen LogP contribution in [0.5, 0.6) is 0 Å².